The van der Waals surface area contributed by atoms with Crippen molar-refractivity contribution < 1.29 is 14.4 Å². The first kappa shape index (κ1) is 22.6. The molecule has 2 aliphatic heterocycles. The van der Waals surface area contributed by atoms with E-state index in [1.165, 1.54) is 0 Å². The molecule has 1 aromatic carbocycles. The van der Waals surface area contributed by atoms with Crippen molar-refractivity contribution in [3.05, 3.63) is 29.8 Å². The van der Waals surface area contributed by atoms with Crippen molar-refractivity contribution in [2.45, 2.75) is 6.92 Å². The fourth-order valence-corrected chi connectivity index (χ4v) is 4.55. The van der Waals surface area contributed by atoms with Crippen molar-refractivity contribution in [1.29, 1.82) is 0 Å². The van der Waals surface area contributed by atoms with E-state index in [1.54, 1.807) is 12.1 Å². The first-order valence-corrected chi connectivity index (χ1v) is 11.7. The summed E-state index contributed by atoms with van der Waals surface area (Å²) in [5, 5.41) is 5.72. The van der Waals surface area contributed by atoms with Crippen LogP contribution in [-0.2, 0) is 9.59 Å². The number of amides is 3. The molecular weight excluding hydrogens is 402 g/mol. The molecule has 0 unspecified atom stereocenters. The molecule has 164 valence electrons. The molecule has 0 aromatic heterocycles. The van der Waals surface area contributed by atoms with E-state index >= 15 is 0 Å². The number of hydrogen-bond donors (Lipinski definition) is 2. The Labute approximate surface area is 182 Å². The van der Waals surface area contributed by atoms with Gasteiger partial charge in [0.25, 0.3) is 5.91 Å². The molecule has 0 saturated carbocycles. The molecule has 2 heterocycles. The van der Waals surface area contributed by atoms with E-state index in [0.717, 1.165) is 50.8 Å². The Hall–Kier alpha value is -2.10. The van der Waals surface area contributed by atoms with Gasteiger partial charge in [-0.05, 0) is 25.1 Å². The van der Waals surface area contributed by atoms with Crippen LogP contribution in [0.2, 0.25) is 0 Å². The summed E-state index contributed by atoms with van der Waals surface area (Å²) in [5.74, 6) is 1.92. The van der Waals surface area contributed by atoms with Crippen LogP contribution in [0.15, 0.2) is 24.3 Å². The fraction of sp³-hybridized carbons (Fsp3) is 0.571. The van der Waals surface area contributed by atoms with Gasteiger partial charge in [-0.2, -0.15) is 11.8 Å². The van der Waals surface area contributed by atoms with Crippen molar-refractivity contribution in [2.75, 3.05) is 75.7 Å². The number of anilines is 1. The molecule has 30 heavy (non-hydrogen) atoms. The third kappa shape index (κ3) is 6.72. The summed E-state index contributed by atoms with van der Waals surface area (Å²) in [5.41, 5.74) is 1.26. The van der Waals surface area contributed by atoms with Crippen molar-refractivity contribution >= 4 is 35.2 Å². The molecule has 0 bridgehead atoms. The van der Waals surface area contributed by atoms with E-state index in [1.807, 2.05) is 35.7 Å². The molecule has 3 rings (SSSR count). The minimum atomic E-state index is -0.0915. The largest absolute Gasteiger partial charge is 0.355 e. The second kappa shape index (κ2) is 11.3. The first-order valence-electron chi connectivity index (χ1n) is 10.5. The fourth-order valence-electron chi connectivity index (χ4n) is 3.64. The Balaban J connectivity index is 1.45. The number of nitrogens with one attached hydrogen (secondary N) is 2. The molecule has 0 atom stereocenters. The maximum absolute atomic E-state index is 12.7. The highest BCUT2D eigenvalue weighted by atomic mass is 32.2. The number of carbonyl (C=O) groups excluding carboxylic acids is 3. The van der Waals surface area contributed by atoms with Crippen LogP contribution in [0.25, 0.3) is 0 Å². The SMILES string of the molecule is CCNC(=O)CN1CCN(CC(=O)Nc2cccc(C(=O)N3CCSCC3)c2)CC1. The maximum atomic E-state index is 12.7. The Bertz CT molecular complexity index is 746. The number of piperazine rings is 1. The lowest BCUT2D eigenvalue weighted by Gasteiger charge is -2.33. The lowest BCUT2D eigenvalue weighted by atomic mass is 10.1. The molecule has 2 fully saturated rings. The molecular formula is C21H31N5O3S. The van der Waals surface area contributed by atoms with E-state index in [2.05, 4.69) is 20.4 Å². The van der Waals surface area contributed by atoms with E-state index in [4.69, 9.17) is 0 Å². The number of rotatable bonds is 7. The number of likely N-dealkylation sites (N-methyl/N-ethyl adjacent to an activating group) is 1. The Morgan fingerprint density at radius 1 is 0.933 bits per heavy atom. The predicted octanol–water partition coefficient (Wildman–Crippen LogP) is 0.568. The van der Waals surface area contributed by atoms with Crippen LogP contribution in [0.1, 0.15) is 17.3 Å². The molecule has 0 aliphatic carbocycles. The minimum Gasteiger partial charge on any atom is -0.355 e. The van der Waals surface area contributed by atoms with Crippen LogP contribution in [0.5, 0.6) is 0 Å². The van der Waals surface area contributed by atoms with E-state index in [0.29, 0.717) is 30.9 Å². The highest BCUT2D eigenvalue weighted by Crippen LogP contribution is 2.16. The van der Waals surface area contributed by atoms with Crippen LogP contribution in [-0.4, -0.2) is 103 Å². The third-order valence-corrected chi connectivity index (χ3v) is 6.21. The second-order valence-corrected chi connectivity index (χ2v) is 8.76. The van der Waals surface area contributed by atoms with Gasteiger partial charge in [-0.25, -0.2) is 0 Å². The molecule has 1 aromatic rings. The Morgan fingerprint density at radius 2 is 1.57 bits per heavy atom. The summed E-state index contributed by atoms with van der Waals surface area (Å²) >= 11 is 1.87. The van der Waals surface area contributed by atoms with Crippen molar-refractivity contribution in [3.63, 3.8) is 0 Å². The predicted molar refractivity (Wildman–Crippen MR) is 120 cm³/mol. The third-order valence-electron chi connectivity index (χ3n) is 5.26. The van der Waals surface area contributed by atoms with Gasteiger partial charge in [-0.1, -0.05) is 6.07 Å². The highest BCUT2D eigenvalue weighted by Gasteiger charge is 2.21. The van der Waals surface area contributed by atoms with E-state index < -0.39 is 0 Å². The van der Waals surface area contributed by atoms with Gasteiger partial charge in [-0.3, -0.25) is 24.2 Å². The average Bonchev–Trinajstić information content (AvgIpc) is 2.75. The quantitative estimate of drug-likeness (QED) is 0.654. The van der Waals surface area contributed by atoms with Gasteiger partial charge >= 0.3 is 0 Å². The first-order chi connectivity index (χ1) is 14.5. The van der Waals surface area contributed by atoms with Gasteiger partial charge in [0.1, 0.15) is 0 Å². The van der Waals surface area contributed by atoms with Crippen molar-refractivity contribution in [2.24, 2.45) is 0 Å². The Morgan fingerprint density at radius 3 is 2.20 bits per heavy atom. The van der Waals surface area contributed by atoms with Crippen molar-refractivity contribution in [1.82, 2.24) is 20.0 Å². The molecule has 9 heteroatoms. The van der Waals surface area contributed by atoms with Gasteiger partial charge in [0, 0.05) is 68.6 Å². The van der Waals surface area contributed by atoms with Crippen LogP contribution >= 0.6 is 11.8 Å². The molecule has 8 nitrogen and oxygen atoms in total. The topological polar surface area (TPSA) is 85.0 Å². The summed E-state index contributed by atoms with van der Waals surface area (Å²) in [6.45, 7) is 7.83. The van der Waals surface area contributed by atoms with Crippen molar-refractivity contribution in [3.8, 4) is 0 Å². The van der Waals surface area contributed by atoms with Crippen LogP contribution in [0.3, 0.4) is 0 Å². The minimum absolute atomic E-state index is 0.0228. The van der Waals surface area contributed by atoms with E-state index in [9.17, 15) is 14.4 Å². The molecule has 2 aliphatic rings. The second-order valence-electron chi connectivity index (χ2n) is 7.54. The average molecular weight is 434 g/mol. The number of nitrogens with zero attached hydrogens (tertiary/aromatic N) is 3. The van der Waals surface area contributed by atoms with Crippen LogP contribution < -0.4 is 10.6 Å². The molecule has 0 radical (unpaired) electrons. The zero-order chi connectivity index (χ0) is 21.3. The number of hydrogen-bond acceptors (Lipinski definition) is 6. The standard InChI is InChI=1S/C21H31N5O3S/c1-2-22-19(27)15-24-6-8-25(9-7-24)16-20(28)23-18-5-3-4-17(14-18)21(29)26-10-12-30-13-11-26/h3-5,14H,2,6-13,15-16H2,1H3,(H,22,27)(H,23,28). The van der Waals surface area contributed by atoms with Gasteiger partial charge < -0.3 is 15.5 Å². The summed E-state index contributed by atoms with van der Waals surface area (Å²) < 4.78 is 0. The molecule has 2 N–H and O–H groups in total. The number of thioether (sulfide) groups is 1. The zero-order valence-corrected chi connectivity index (χ0v) is 18.4. The summed E-state index contributed by atoms with van der Waals surface area (Å²) in [4.78, 5) is 42.9. The normalized spacial score (nSPS) is 18.1. The van der Waals surface area contributed by atoms with Gasteiger partial charge in [-0.15, -0.1) is 0 Å². The molecule has 2 saturated heterocycles. The zero-order valence-electron chi connectivity index (χ0n) is 17.6. The maximum Gasteiger partial charge on any atom is 0.253 e. The summed E-state index contributed by atoms with van der Waals surface area (Å²) in [6.07, 6.45) is 0. The highest BCUT2D eigenvalue weighted by molar-refractivity contribution is 7.99. The number of benzene rings is 1. The van der Waals surface area contributed by atoms with Gasteiger partial charge in [0.2, 0.25) is 11.8 Å². The lowest BCUT2D eigenvalue weighted by Crippen LogP contribution is -2.51. The monoisotopic (exact) mass is 433 g/mol. The Kier molecular flexibility index (Phi) is 8.53. The van der Waals surface area contributed by atoms with Gasteiger partial charge in [0.05, 0.1) is 13.1 Å². The summed E-state index contributed by atoms with van der Waals surface area (Å²) in [7, 11) is 0. The van der Waals surface area contributed by atoms with E-state index in [-0.39, 0.29) is 17.7 Å². The van der Waals surface area contributed by atoms with Crippen LogP contribution in [0.4, 0.5) is 5.69 Å². The molecule has 3 amide bonds. The van der Waals surface area contributed by atoms with Gasteiger partial charge in [0.15, 0.2) is 0 Å². The van der Waals surface area contributed by atoms with Crippen LogP contribution in [0, 0.1) is 0 Å². The number of carbonyl (C=O) groups is 3. The molecule has 0 spiro atoms. The summed E-state index contributed by atoms with van der Waals surface area (Å²) in [6, 6.07) is 7.17. The smallest absolute Gasteiger partial charge is 0.253 e. The lowest BCUT2D eigenvalue weighted by molar-refractivity contribution is -0.123.